The molecule has 3 heteroatoms. The van der Waals surface area contributed by atoms with E-state index < -0.39 is 0 Å². The predicted octanol–water partition coefficient (Wildman–Crippen LogP) is 2.54. The van der Waals surface area contributed by atoms with E-state index in [0.717, 1.165) is 24.5 Å². The van der Waals surface area contributed by atoms with Crippen LogP contribution in [0.1, 0.15) is 45.1 Å². The summed E-state index contributed by atoms with van der Waals surface area (Å²) in [7, 11) is 0. The van der Waals surface area contributed by atoms with Crippen LogP contribution < -0.4 is 5.32 Å². The highest BCUT2D eigenvalue weighted by atomic mass is 16.3. The number of nitrogens with one attached hydrogen (secondary N) is 1. The molecule has 0 aliphatic heterocycles. The van der Waals surface area contributed by atoms with E-state index in [2.05, 4.69) is 38.0 Å². The van der Waals surface area contributed by atoms with Gasteiger partial charge in [-0.1, -0.05) is 27.7 Å². The van der Waals surface area contributed by atoms with Crippen LogP contribution in [-0.2, 0) is 6.54 Å². The molecular weight excluding hydrogens is 176 g/mol. The maximum absolute atomic E-state index is 5.33. The molecule has 1 N–H and O–H groups in total. The van der Waals surface area contributed by atoms with Gasteiger partial charge in [0.25, 0.3) is 0 Å². The van der Waals surface area contributed by atoms with Crippen molar-refractivity contribution in [2.45, 2.75) is 40.2 Å². The van der Waals surface area contributed by atoms with Crippen molar-refractivity contribution >= 4 is 0 Å². The molecule has 0 radical (unpaired) electrons. The largest absolute Gasteiger partial charge is 0.448 e. The van der Waals surface area contributed by atoms with Gasteiger partial charge >= 0.3 is 0 Å². The average Bonchev–Trinajstić information content (AvgIpc) is 2.51. The third-order valence-electron chi connectivity index (χ3n) is 2.04. The van der Waals surface area contributed by atoms with Crippen molar-refractivity contribution < 1.29 is 4.42 Å². The second-order valence-electron chi connectivity index (χ2n) is 4.34. The van der Waals surface area contributed by atoms with Gasteiger partial charge in [0.05, 0.1) is 5.69 Å². The first-order valence-corrected chi connectivity index (χ1v) is 5.24. The normalized spacial score (nSPS) is 11.6. The summed E-state index contributed by atoms with van der Waals surface area (Å²) in [4.78, 5) is 4.21. The van der Waals surface area contributed by atoms with Crippen LogP contribution in [0.5, 0.6) is 0 Å². The molecule has 0 amide bonds. The van der Waals surface area contributed by atoms with Crippen LogP contribution in [0.4, 0.5) is 0 Å². The lowest BCUT2D eigenvalue weighted by atomic mass is 10.1. The van der Waals surface area contributed by atoms with E-state index in [-0.39, 0.29) is 0 Å². The summed E-state index contributed by atoms with van der Waals surface area (Å²) in [6, 6.07) is 0. The summed E-state index contributed by atoms with van der Waals surface area (Å²) >= 11 is 0. The van der Waals surface area contributed by atoms with Crippen LogP contribution >= 0.6 is 0 Å². The molecule has 0 saturated heterocycles. The Morgan fingerprint density at radius 3 is 2.64 bits per heavy atom. The minimum absolute atomic E-state index is 0.411. The van der Waals surface area contributed by atoms with Gasteiger partial charge in [0.15, 0.2) is 6.39 Å². The minimum Gasteiger partial charge on any atom is -0.448 e. The van der Waals surface area contributed by atoms with Crippen molar-refractivity contribution in [1.29, 1.82) is 0 Å². The van der Waals surface area contributed by atoms with Gasteiger partial charge in [-0.25, -0.2) is 4.98 Å². The molecule has 0 saturated carbocycles. The topological polar surface area (TPSA) is 38.1 Å². The standard InChI is InChI=1S/C11H20N2O/c1-8(2)5-12-6-10-11(9(3)4)14-7-13-10/h7-9,12H,5-6H2,1-4H3. The van der Waals surface area contributed by atoms with Crippen LogP contribution in [0.15, 0.2) is 10.8 Å². The first-order chi connectivity index (χ1) is 6.61. The highest BCUT2D eigenvalue weighted by Gasteiger charge is 2.11. The predicted molar refractivity (Wildman–Crippen MR) is 57.1 cm³/mol. The van der Waals surface area contributed by atoms with Gasteiger partial charge in [-0.15, -0.1) is 0 Å². The van der Waals surface area contributed by atoms with E-state index in [0.29, 0.717) is 11.8 Å². The smallest absolute Gasteiger partial charge is 0.181 e. The van der Waals surface area contributed by atoms with E-state index in [1.807, 2.05) is 0 Å². The molecule has 3 nitrogen and oxygen atoms in total. The Labute approximate surface area is 85.9 Å². The molecule has 0 aromatic carbocycles. The van der Waals surface area contributed by atoms with Gasteiger partial charge in [0.2, 0.25) is 0 Å². The fourth-order valence-corrected chi connectivity index (χ4v) is 1.36. The van der Waals surface area contributed by atoms with Crippen LogP contribution in [0.25, 0.3) is 0 Å². The Kier molecular flexibility index (Phi) is 4.14. The molecule has 0 atom stereocenters. The van der Waals surface area contributed by atoms with Gasteiger partial charge in [-0.2, -0.15) is 0 Å². The molecule has 14 heavy (non-hydrogen) atoms. The van der Waals surface area contributed by atoms with Crippen molar-refractivity contribution in [2.75, 3.05) is 6.54 Å². The quantitative estimate of drug-likeness (QED) is 0.786. The van der Waals surface area contributed by atoms with Crippen molar-refractivity contribution in [3.63, 3.8) is 0 Å². The zero-order valence-electron chi connectivity index (χ0n) is 9.50. The lowest BCUT2D eigenvalue weighted by Crippen LogP contribution is -2.19. The number of rotatable bonds is 5. The van der Waals surface area contributed by atoms with E-state index in [1.54, 1.807) is 0 Å². The van der Waals surface area contributed by atoms with E-state index in [9.17, 15) is 0 Å². The molecule has 0 spiro atoms. The Morgan fingerprint density at radius 1 is 1.36 bits per heavy atom. The molecule has 80 valence electrons. The molecular formula is C11H20N2O. The number of aromatic nitrogens is 1. The average molecular weight is 196 g/mol. The molecule has 0 aliphatic rings. The Hall–Kier alpha value is -0.830. The van der Waals surface area contributed by atoms with Crippen molar-refractivity contribution in [3.05, 3.63) is 17.8 Å². The maximum atomic E-state index is 5.33. The fourth-order valence-electron chi connectivity index (χ4n) is 1.36. The minimum atomic E-state index is 0.411. The number of nitrogens with zero attached hydrogens (tertiary/aromatic N) is 1. The van der Waals surface area contributed by atoms with Crippen LogP contribution in [0, 0.1) is 5.92 Å². The molecule has 0 aliphatic carbocycles. The monoisotopic (exact) mass is 196 g/mol. The molecule has 1 heterocycles. The highest BCUT2D eigenvalue weighted by Crippen LogP contribution is 2.17. The Morgan fingerprint density at radius 2 is 2.07 bits per heavy atom. The molecule has 1 aromatic heterocycles. The number of oxazole rings is 1. The van der Waals surface area contributed by atoms with Gasteiger partial charge in [0.1, 0.15) is 5.76 Å². The zero-order chi connectivity index (χ0) is 10.6. The second-order valence-corrected chi connectivity index (χ2v) is 4.34. The van der Waals surface area contributed by atoms with E-state index in [4.69, 9.17) is 4.42 Å². The third-order valence-corrected chi connectivity index (χ3v) is 2.04. The van der Waals surface area contributed by atoms with Gasteiger partial charge < -0.3 is 9.73 Å². The van der Waals surface area contributed by atoms with Gasteiger partial charge in [-0.3, -0.25) is 0 Å². The van der Waals surface area contributed by atoms with E-state index in [1.165, 1.54) is 6.39 Å². The molecule has 0 fully saturated rings. The van der Waals surface area contributed by atoms with Crippen molar-refractivity contribution in [1.82, 2.24) is 10.3 Å². The maximum Gasteiger partial charge on any atom is 0.181 e. The summed E-state index contributed by atoms with van der Waals surface area (Å²) in [5, 5.41) is 3.36. The number of hydrogen-bond donors (Lipinski definition) is 1. The van der Waals surface area contributed by atoms with Gasteiger partial charge in [-0.05, 0) is 12.5 Å². The summed E-state index contributed by atoms with van der Waals surface area (Å²) in [5.41, 5.74) is 1.04. The molecule has 0 unspecified atom stereocenters. The highest BCUT2D eigenvalue weighted by molar-refractivity contribution is 5.10. The molecule has 0 bridgehead atoms. The SMILES string of the molecule is CC(C)CNCc1ncoc1C(C)C. The van der Waals surface area contributed by atoms with E-state index >= 15 is 0 Å². The Balaban J connectivity index is 2.46. The molecule has 1 aromatic rings. The second kappa shape index (κ2) is 5.15. The Bertz CT molecular complexity index is 266. The summed E-state index contributed by atoms with van der Waals surface area (Å²) < 4.78 is 5.33. The lowest BCUT2D eigenvalue weighted by Gasteiger charge is -2.07. The lowest BCUT2D eigenvalue weighted by molar-refractivity contribution is 0.474. The van der Waals surface area contributed by atoms with Gasteiger partial charge in [0, 0.05) is 12.5 Å². The fraction of sp³-hybridized carbons (Fsp3) is 0.727. The summed E-state index contributed by atoms with van der Waals surface area (Å²) in [6.45, 7) is 10.4. The first-order valence-electron chi connectivity index (χ1n) is 5.24. The zero-order valence-corrected chi connectivity index (χ0v) is 9.50. The van der Waals surface area contributed by atoms with Crippen LogP contribution in [0.3, 0.4) is 0 Å². The third kappa shape index (κ3) is 3.14. The van der Waals surface area contributed by atoms with Crippen LogP contribution in [-0.4, -0.2) is 11.5 Å². The van der Waals surface area contributed by atoms with Crippen molar-refractivity contribution in [3.8, 4) is 0 Å². The summed E-state index contributed by atoms with van der Waals surface area (Å²) in [5.74, 6) is 2.08. The van der Waals surface area contributed by atoms with Crippen molar-refractivity contribution in [2.24, 2.45) is 5.92 Å². The number of hydrogen-bond acceptors (Lipinski definition) is 3. The van der Waals surface area contributed by atoms with Crippen LogP contribution in [0.2, 0.25) is 0 Å². The summed E-state index contributed by atoms with van der Waals surface area (Å²) in [6.07, 6.45) is 1.53. The molecule has 1 rings (SSSR count). The first kappa shape index (κ1) is 11.2.